The van der Waals surface area contributed by atoms with Gasteiger partial charge in [0.25, 0.3) is 5.91 Å². The predicted octanol–water partition coefficient (Wildman–Crippen LogP) is 4.08. The summed E-state index contributed by atoms with van der Waals surface area (Å²) >= 11 is 5.87. The molecule has 0 aliphatic carbocycles. The Morgan fingerprint density at radius 1 is 1.14 bits per heavy atom. The normalized spacial score (nSPS) is 11.2. The lowest BCUT2D eigenvalue weighted by atomic mass is 10.1. The van der Waals surface area contributed by atoms with Gasteiger partial charge in [0.1, 0.15) is 0 Å². The van der Waals surface area contributed by atoms with Gasteiger partial charge in [-0.25, -0.2) is 5.43 Å². The summed E-state index contributed by atoms with van der Waals surface area (Å²) in [6.07, 6.45) is 1.51. The Morgan fingerprint density at radius 3 is 2.57 bits per heavy atom. The zero-order valence-corrected chi connectivity index (χ0v) is 12.6. The van der Waals surface area contributed by atoms with Crippen LogP contribution in [0.3, 0.4) is 0 Å². The number of carbonyl (C=O) groups is 1. The fraction of sp³-hybridized carbons (Fsp3) is 0.176. The van der Waals surface area contributed by atoms with Gasteiger partial charge in [0, 0.05) is 22.7 Å². The van der Waals surface area contributed by atoms with Crippen molar-refractivity contribution in [3.05, 3.63) is 70.7 Å². The van der Waals surface area contributed by atoms with E-state index in [1.165, 1.54) is 5.56 Å². The van der Waals surface area contributed by atoms with E-state index in [1.54, 1.807) is 24.3 Å². The number of hydrogen-bond acceptors (Lipinski definition) is 2. The number of rotatable bonds is 5. The molecule has 0 bridgehead atoms. The van der Waals surface area contributed by atoms with E-state index in [1.807, 2.05) is 37.3 Å². The van der Waals surface area contributed by atoms with E-state index in [0.29, 0.717) is 10.6 Å². The van der Waals surface area contributed by atoms with Gasteiger partial charge in [0.15, 0.2) is 0 Å². The van der Waals surface area contributed by atoms with E-state index in [-0.39, 0.29) is 5.91 Å². The third-order valence-corrected chi connectivity index (χ3v) is 3.30. The number of benzene rings is 2. The standard InChI is InChI=1S/C17H17ClN2O/c1-2-16(11-13-7-4-3-5-8-13)19-20-17(21)14-9-6-10-15(18)12-14/h3-10,12H,2,11H2,1H3,(H,20,21)/b19-16+. The van der Waals surface area contributed by atoms with Crippen LogP contribution in [0.2, 0.25) is 5.02 Å². The Morgan fingerprint density at radius 2 is 1.90 bits per heavy atom. The highest BCUT2D eigenvalue weighted by Crippen LogP contribution is 2.10. The second-order valence-corrected chi connectivity index (χ2v) is 5.08. The number of hydrazone groups is 1. The fourth-order valence-electron chi connectivity index (χ4n) is 1.90. The van der Waals surface area contributed by atoms with Gasteiger partial charge < -0.3 is 0 Å². The molecule has 0 saturated heterocycles. The molecule has 0 aromatic heterocycles. The topological polar surface area (TPSA) is 41.5 Å². The van der Waals surface area contributed by atoms with Crippen LogP contribution in [-0.2, 0) is 6.42 Å². The molecule has 0 spiro atoms. The summed E-state index contributed by atoms with van der Waals surface area (Å²) in [6.45, 7) is 2.02. The van der Waals surface area contributed by atoms with Gasteiger partial charge in [-0.1, -0.05) is 54.9 Å². The number of halogens is 1. The maximum atomic E-state index is 12.0. The van der Waals surface area contributed by atoms with Crippen LogP contribution >= 0.6 is 11.6 Å². The van der Waals surface area contributed by atoms with Gasteiger partial charge in [-0.15, -0.1) is 0 Å². The quantitative estimate of drug-likeness (QED) is 0.656. The predicted molar refractivity (Wildman–Crippen MR) is 86.8 cm³/mol. The van der Waals surface area contributed by atoms with Crippen molar-refractivity contribution in [2.45, 2.75) is 19.8 Å². The smallest absolute Gasteiger partial charge is 0.267 e. The molecule has 1 N–H and O–H groups in total. The Balaban J connectivity index is 2.02. The molecule has 2 aromatic carbocycles. The van der Waals surface area contributed by atoms with Crippen molar-refractivity contribution >= 4 is 23.2 Å². The molecule has 0 atom stereocenters. The lowest BCUT2D eigenvalue weighted by Crippen LogP contribution is -2.20. The van der Waals surface area contributed by atoms with Crippen LogP contribution in [0.25, 0.3) is 0 Å². The molecule has 0 aliphatic rings. The van der Waals surface area contributed by atoms with Gasteiger partial charge in [0.2, 0.25) is 0 Å². The molecule has 4 heteroatoms. The summed E-state index contributed by atoms with van der Waals surface area (Å²) in [6, 6.07) is 16.9. The molecular formula is C17H17ClN2O. The first kappa shape index (κ1) is 15.3. The Hall–Kier alpha value is -2.13. The Bertz CT molecular complexity index is 638. The number of carbonyl (C=O) groups excluding carboxylic acids is 1. The Kier molecular flexibility index (Phi) is 5.52. The molecule has 0 radical (unpaired) electrons. The number of hydrogen-bond donors (Lipinski definition) is 1. The summed E-state index contributed by atoms with van der Waals surface area (Å²) < 4.78 is 0. The lowest BCUT2D eigenvalue weighted by Gasteiger charge is -2.05. The molecule has 1 amide bonds. The van der Waals surface area contributed by atoms with Crippen LogP contribution in [0.4, 0.5) is 0 Å². The molecule has 3 nitrogen and oxygen atoms in total. The second kappa shape index (κ2) is 7.60. The molecular weight excluding hydrogens is 284 g/mol. The van der Waals surface area contributed by atoms with Crippen LogP contribution in [0.15, 0.2) is 59.7 Å². The zero-order valence-electron chi connectivity index (χ0n) is 11.8. The van der Waals surface area contributed by atoms with E-state index in [0.717, 1.165) is 18.6 Å². The molecule has 21 heavy (non-hydrogen) atoms. The highest BCUT2D eigenvalue weighted by Gasteiger charge is 2.05. The van der Waals surface area contributed by atoms with Crippen molar-refractivity contribution in [3.63, 3.8) is 0 Å². The molecule has 108 valence electrons. The minimum atomic E-state index is -0.253. The second-order valence-electron chi connectivity index (χ2n) is 4.65. The van der Waals surface area contributed by atoms with Gasteiger partial charge >= 0.3 is 0 Å². The summed E-state index contributed by atoms with van der Waals surface area (Å²) in [4.78, 5) is 12.0. The number of nitrogens with one attached hydrogen (secondary N) is 1. The highest BCUT2D eigenvalue weighted by atomic mass is 35.5. The molecule has 0 unspecified atom stereocenters. The Labute approximate surface area is 129 Å². The van der Waals surface area contributed by atoms with Crippen LogP contribution in [0.1, 0.15) is 29.3 Å². The fourth-order valence-corrected chi connectivity index (χ4v) is 2.09. The van der Waals surface area contributed by atoms with E-state index in [4.69, 9.17) is 11.6 Å². The van der Waals surface area contributed by atoms with E-state index < -0.39 is 0 Å². The van der Waals surface area contributed by atoms with Crippen LogP contribution in [0, 0.1) is 0 Å². The third kappa shape index (κ3) is 4.72. The highest BCUT2D eigenvalue weighted by molar-refractivity contribution is 6.30. The van der Waals surface area contributed by atoms with Crippen molar-refractivity contribution in [1.29, 1.82) is 0 Å². The lowest BCUT2D eigenvalue weighted by molar-refractivity contribution is 0.0954. The van der Waals surface area contributed by atoms with E-state index in [2.05, 4.69) is 10.5 Å². The van der Waals surface area contributed by atoms with E-state index >= 15 is 0 Å². The minimum Gasteiger partial charge on any atom is -0.267 e. The maximum Gasteiger partial charge on any atom is 0.271 e. The monoisotopic (exact) mass is 300 g/mol. The summed E-state index contributed by atoms with van der Waals surface area (Å²) in [5, 5.41) is 4.75. The van der Waals surface area contributed by atoms with Crippen LogP contribution in [-0.4, -0.2) is 11.6 Å². The average molecular weight is 301 g/mol. The summed E-state index contributed by atoms with van der Waals surface area (Å²) in [5.41, 5.74) is 5.19. The largest absolute Gasteiger partial charge is 0.271 e. The first-order valence-corrected chi connectivity index (χ1v) is 7.22. The first-order valence-electron chi connectivity index (χ1n) is 6.84. The SMILES string of the molecule is CC/C(Cc1ccccc1)=N\NC(=O)c1cccc(Cl)c1. The van der Waals surface area contributed by atoms with Crippen molar-refractivity contribution in [2.75, 3.05) is 0 Å². The molecule has 0 fully saturated rings. The number of amides is 1. The van der Waals surface area contributed by atoms with Gasteiger partial charge in [0.05, 0.1) is 0 Å². The summed E-state index contributed by atoms with van der Waals surface area (Å²) in [7, 11) is 0. The van der Waals surface area contributed by atoms with Crippen molar-refractivity contribution in [2.24, 2.45) is 5.10 Å². The molecule has 0 saturated carbocycles. The third-order valence-electron chi connectivity index (χ3n) is 3.06. The first-order chi connectivity index (χ1) is 10.2. The van der Waals surface area contributed by atoms with Crippen molar-refractivity contribution in [1.82, 2.24) is 5.43 Å². The average Bonchev–Trinajstić information content (AvgIpc) is 2.52. The van der Waals surface area contributed by atoms with Gasteiger partial charge in [-0.3, -0.25) is 4.79 Å². The molecule has 2 rings (SSSR count). The van der Waals surface area contributed by atoms with Crippen molar-refractivity contribution < 1.29 is 4.79 Å². The number of nitrogens with zero attached hydrogens (tertiary/aromatic N) is 1. The van der Waals surface area contributed by atoms with Crippen LogP contribution < -0.4 is 5.43 Å². The molecule has 0 heterocycles. The van der Waals surface area contributed by atoms with Crippen molar-refractivity contribution in [3.8, 4) is 0 Å². The minimum absolute atomic E-state index is 0.253. The zero-order chi connectivity index (χ0) is 15.1. The van der Waals surface area contributed by atoms with Gasteiger partial charge in [-0.2, -0.15) is 5.10 Å². The molecule has 2 aromatic rings. The van der Waals surface area contributed by atoms with E-state index in [9.17, 15) is 4.79 Å². The maximum absolute atomic E-state index is 12.0. The van der Waals surface area contributed by atoms with Gasteiger partial charge in [-0.05, 0) is 30.2 Å². The summed E-state index contributed by atoms with van der Waals surface area (Å²) in [5.74, 6) is -0.253. The molecule has 0 aliphatic heterocycles. The van der Waals surface area contributed by atoms with Crippen LogP contribution in [0.5, 0.6) is 0 Å².